The molecule has 0 aromatic carbocycles. The molecule has 1 amide bonds. The zero-order valence-corrected chi connectivity index (χ0v) is 11.6. The first kappa shape index (κ1) is 15.9. The average molecular weight is 272 g/mol. The minimum atomic E-state index is -0.249. The predicted molar refractivity (Wildman–Crippen MR) is 70.5 cm³/mol. The number of hydrogen-bond acceptors (Lipinski definition) is 5. The molecule has 0 bridgehead atoms. The van der Waals surface area contributed by atoms with E-state index in [1.54, 1.807) is 0 Å². The second kappa shape index (κ2) is 8.87. The molecule has 1 aliphatic heterocycles. The molecule has 1 rings (SSSR count). The number of esters is 1. The van der Waals surface area contributed by atoms with Crippen LogP contribution in [-0.2, 0) is 14.3 Å². The van der Waals surface area contributed by atoms with Crippen molar-refractivity contribution in [3.05, 3.63) is 0 Å². The lowest BCUT2D eigenvalue weighted by molar-refractivity contribution is -0.140. The van der Waals surface area contributed by atoms with Gasteiger partial charge in [0.15, 0.2) is 0 Å². The summed E-state index contributed by atoms with van der Waals surface area (Å²) in [5, 5.41) is 11.7. The molecule has 1 heterocycles. The lowest BCUT2D eigenvalue weighted by Crippen LogP contribution is -2.36. The second-order valence-corrected chi connectivity index (χ2v) is 4.93. The maximum Gasteiger partial charge on any atom is 0.305 e. The Labute approximate surface area is 114 Å². The molecule has 0 saturated carbocycles. The van der Waals surface area contributed by atoms with Crippen LogP contribution in [0.5, 0.6) is 0 Å². The number of aliphatic hydroxyl groups excluding tert-OH is 1. The Hall–Kier alpha value is -1.14. The number of methoxy groups -OCH3 is 1. The van der Waals surface area contributed by atoms with Crippen molar-refractivity contribution in [1.82, 2.24) is 10.2 Å². The van der Waals surface area contributed by atoms with Gasteiger partial charge in [0.05, 0.1) is 13.7 Å². The standard InChI is InChI=1S/C13H24N2O4/c1-19-13(18)3-2-6-14-12(17)10-15-7-4-11(9-15)5-8-16/h11,16H,2-10H2,1H3,(H,14,17). The van der Waals surface area contributed by atoms with E-state index < -0.39 is 0 Å². The van der Waals surface area contributed by atoms with Gasteiger partial charge in [-0.3, -0.25) is 14.5 Å². The van der Waals surface area contributed by atoms with Crippen LogP contribution in [0, 0.1) is 5.92 Å². The number of amides is 1. The third-order valence-corrected chi connectivity index (χ3v) is 3.38. The van der Waals surface area contributed by atoms with Crippen LogP contribution in [0.1, 0.15) is 25.7 Å². The third kappa shape index (κ3) is 6.54. The molecule has 1 saturated heterocycles. The normalized spacial score (nSPS) is 19.4. The Morgan fingerprint density at radius 3 is 2.95 bits per heavy atom. The van der Waals surface area contributed by atoms with Gasteiger partial charge in [-0.05, 0) is 31.7 Å². The maximum absolute atomic E-state index is 11.7. The van der Waals surface area contributed by atoms with Crippen LogP contribution in [-0.4, -0.2) is 61.8 Å². The number of ether oxygens (including phenoxy) is 1. The Morgan fingerprint density at radius 2 is 2.26 bits per heavy atom. The number of nitrogens with one attached hydrogen (secondary N) is 1. The van der Waals surface area contributed by atoms with Gasteiger partial charge < -0.3 is 15.2 Å². The van der Waals surface area contributed by atoms with Gasteiger partial charge in [-0.25, -0.2) is 0 Å². The lowest BCUT2D eigenvalue weighted by Gasteiger charge is -2.15. The smallest absolute Gasteiger partial charge is 0.305 e. The largest absolute Gasteiger partial charge is 0.469 e. The van der Waals surface area contributed by atoms with Gasteiger partial charge in [-0.2, -0.15) is 0 Å². The summed E-state index contributed by atoms with van der Waals surface area (Å²) in [4.78, 5) is 24.6. The summed E-state index contributed by atoms with van der Waals surface area (Å²) in [6, 6.07) is 0. The fourth-order valence-corrected chi connectivity index (χ4v) is 2.30. The van der Waals surface area contributed by atoms with Crippen LogP contribution in [0.25, 0.3) is 0 Å². The highest BCUT2D eigenvalue weighted by atomic mass is 16.5. The van der Waals surface area contributed by atoms with E-state index in [4.69, 9.17) is 5.11 Å². The SMILES string of the molecule is COC(=O)CCCNC(=O)CN1CCC(CCO)C1. The molecule has 1 fully saturated rings. The fourth-order valence-electron chi connectivity index (χ4n) is 2.30. The van der Waals surface area contributed by atoms with E-state index in [2.05, 4.69) is 15.0 Å². The Bertz CT molecular complexity index is 296. The molecule has 6 nitrogen and oxygen atoms in total. The number of likely N-dealkylation sites (tertiary alicyclic amines) is 1. The first-order valence-electron chi connectivity index (χ1n) is 6.82. The van der Waals surface area contributed by atoms with Crippen molar-refractivity contribution in [2.45, 2.75) is 25.7 Å². The molecule has 19 heavy (non-hydrogen) atoms. The zero-order chi connectivity index (χ0) is 14.1. The van der Waals surface area contributed by atoms with Crippen molar-refractivity contribution in [3.63, 3.8) is 0 Å². The van der Waals surface area contributed by atoms with Gasteiger partial charge in [0, 0.05) is 26.1 Å². The summed E-state index contributed by atoms with van der Waals surface area (Å²) in [5.74, 6) is 0.257. The van der Waals surface area contributed by atoms with Gasteiger partial charge in [0.2, 0.25) is 5.91 Å². The summed E-state index contributed by atoms with van der Waals surface area (Å²) in [5.41, 5.74) is 0. The zero-order valence-electron chi connectivity index (χ0n) is 11.6. The van der Waals surface area contributed by atoms with E-state index >= 15 is 0 Å². The number of nitrogens with zero attached hydrogens (tertiary/aromatic N) is 1. The van der Waals surface area contributed by atoms with E-state index in [1.165, 1.54) is 7.11 Å². The predicted octanol–water partition coefficient (Wildman–Crippen LogP) is -0.240. The van der Waals surface area contributed by atoms with E-state index in [9.17, 15) is 9.59 Å². The monoisotopic (exact) mass is 272 g/mol. The number of hydrogen-bond donors (Lipinski definition) is 2. The van der Waals surface area contributed by atoms with Crippen LogP contribution in [0.4, 0.5) is 0 Å². The van der Waals surface area contributed by atoms with Crippen LogP contribution >= 0.6 is 0 Å². The van der Waals surface area contributed by atoms with Gasteiger partial charge >= 0.3 is 5.97 Å². The quantitative estimate of drug-likeness (QED) is 0.471. The lowest BCUT2D eigenvalue weighted by atomic mass is 10.1. The summed E-state index contributed by atoms with van der Waals surface area (Å²) >= 11 is 0. The van der Waals surface area contributed by atoms with Crippen molar-refractivity contribution < 1.29 is 19.4 Å². The number of carbonyl (C=O) groups is 2. The highest BCUT2D eigenvalue weighted by Crippen LogP contribution is 2.18. The maximum atomic E-state index is 11.7. The molecule has 0 aromatic rings. The minimum absolute atomic E-state index is 0.00508. The Balaban J connectivity index is 2.06. The van der Waals surface area contributed by atoms with Gasteiger partial charge in [-0.1, -0.05) is 0 Å². The van der Waals surface area contributed by atoms with Crippen LogP contribution in [0.2, 0.25) is 0 Å². The van der Waals surface area contributed by atoms with Crippen LogP contribution in [0.3, 0.4) is 0 Å². The van der Waals surface area contributed by atoms with Gasteiger partial charge in [-0.15, -0.1) is 0 Å². The van der Waals surface area contributed by atoms with E-state index in [0.29, 0.717) is 31.8 Å². The van der Waals surface area contributed by atoms with Gasteiger partial charge in [0.1, 0.15) is 0 Å². The molecule has 6 heteroatoms. The van der Waals surface area contributed by atoms with Gasteiger partial charge in [0.25, 0.3) is 0 Å². The van der Waals surface area contributed by atoms with E-state index in [-0.39, 0.29) is 18.5 Å². The van der Waals surface area contributed by atoms with E-state index in [1.807, 2.05) is 0 Å². The molecular formula is C13H24N2O4. The van der Waals surface area contributed by atoms with Crippen LogP contribution < -0.4 is 5.32 Å². The molecule has 0 radical (unpaired) electrons. The summed E-state index contributed by atoms with van der Waals surface area (Å²) < 4.78 is 4.52. The summed E-state index contributed by atoms with van der Waals surface area (Å²) in [6.45, 7) is 2.93. The molecular weight excluding hydrogens is 248 g/mol. The summed E-state index contributed by atoms with van der Waals surface area (Å²) in [6.07, 6.45) is 2.80. The molecule has 0 aliphatic carbocycles. The molecule has 1 unspecified atom stereocenters. The van der Waals surface area contributed by atoms with Crippen LogP contribution in [0.15, 0.2) is 0 Å². The highest BCUT2D eigenvalue weighted by molar-refractivity contribution is 5.78. The van der Waals surface area contributed by atoms with Crippen molar-refractivity contribution in [1.29, 1.82) is 0 Å². The molecule has 2 N–H and O–H groups in total. The first-order valence-corrected chi connectivity index (χ1v) is 6.82. The fraction of sp³-hybridized carbons (Fsp3) is 0.846. The summed E-state index contributed by atoms with van der Waals surface area (Å²) in [7, 11) is 1.36. The van der Waals surface area contributed by atoms with Crippen molar-refractivity contribution in [2.24, 2.45) is 5.92 Å². The van der Waals surface area contributed by atoms with Crippen molar-refractivity contribution in [3.8, 4) is 0 Å². The molecule has 1 atom stereocenters. The first-order chi connectivity index (χ1) is 9.15. The average Bonchev–Trinajstić information content (AvgIpc) is 2.82. The van der Waals surface area contributed by atoms with E-state index in [0.717, 1.165) is 25.9 Å². The third-order valence-electron chi connectivity index (χ3n) is 3.38. The Morgan fingerprint density at radius 1 is 1.47 bits per heavy atom. The Kier molecular flexibility index (Phi) is 7.43. The molecule has 110 valence electrons. The second-order valence-electron chi connectivity index (χ2n) is 4.93. The number of carbonyl (C=O) groups excluding carboxylic acids is 2. The molecule has 0 spiro atoms. The molecule has 1 aliphatic rings. The number of aliphatic hydroxyl groups is 1. The molecule has 0 aromatic heterocycles. The number of rotatable bonds is 8. The topological polar surface area (TPSA) is 78.9 Å². The highest BCUT2D eigenvalue weighted by Gasteiger charge is 2.23. The van der Waals surface area contributed by atoms with Crippen molar-refractivity contribution >= 4 is 11.9 Å². The minimum Gasteiger partial charge on any atom is -0.469 e. The van der Waals surface area contributed by atoms with Crippen molar-refractivity contribution in [2.75, 3.05) is 39.9 Å².